The molecule has 8 rings (SSSR count). The number of halogens is 3. The molecule has 7 heterocycles. The van der Waals surface area contributed by atoms with E-state index in [1.54, 1.807) is 18.6 Å². The Labute approximate surface area is 249 Å². The number of benzene rings is 1. The summed E-state index contributed by atoms with van der Waals surface area (Å²) >= 11 is 0. The van der Waals surface area contributed by atoms with Gasteiger partial charge in [-0.15, -0.1) is 0 Å². The Hall–Kier alpha value is -4.93. The van der Waals surface area contributed by atoms with Crippen molar-refractivity contribution in [1.82, 2.24) is 29.6 Å². The molecule has 2 atom stereocenters. The number of piperidine rings is 1. The number of pyridine rings is 2. The van der Waals surface area contributed by atoms with Gasteiger partial charge < -0.3 is 19.7 Å². The molecular formula is C31H27F3N8O2. The lowest BCUT2D eigenvalue weighted by atomic mass is 9.86. The van der Waals surface area contributed by atoms with Gasteiger partial charge in [0.05, 0.1) is 30.6 Å². The van der Waals surface area contributed by atoms with Gasteiger partial charge in [-0.3, -0.25) is 9.58 Å². The number of hydrogen-bond donors (Lipinski definition) is 2. The number of aromatic amines is 1. The third kappa shape index (κ3) is 5.23. The molecule has 0 aliphatic carbocycles. The Morgan fingerprint density at radius 3 is 2.66 bits per heavy atom. The third-order valence-electron chi connectivity index (χ3n) is 8.39. The minimum Gasteiger partial charge on any atom is -0.508 e. The second-order valence-corrected chi connectivity index (χ2v) is 11.0. The number of piperazine rings is 1. The molecule has 3 aliphatic heterocycles. The maximum Gasteiger partial charge on any atom is 0.345 e. The lowest BCUT2D eigenvalue weighted by Gasteiger charge is -2.56. The summed E-state index contributed by atoms with van der Waals surface area (Å²) in [5.74, 6) is 0.580. The molecule has 2 bridgehead atoms. The van der Waals surface area contributed by atoms with Gasteiger partial charge in [-0.2, -0.15) is 19.1 Å². The van der Waals surface area contributed by atoms with E-state index in [9.17, 15) is 23.5 Å². The van der Waals surface area contributed by atoms with E-state index in [1.807, 2.05) is 18.2 Å². The molecule has 0 radical (unpaired) electrons. The number of phenolic OH excluding ortho intramolecular Hbond substituents is 1. The molecular weight excluding hydrogens is 573 g/mol. The van der Waals surface area contributed by atoms with Gasteiger partial charge in [0.25, 0.3) is 0 Å². The number of hydrogen-bond acceptors (Lipinski definition) is 8. The minimum atomic E-state index is -2.83. The summed E-state index contributed by atoms with van der Waals surface area (Å²) in [5.41, 5.74) is 4.53. The summed E-state index contributed by atoms with van der Waals surface area (Å²) in [7, 11) is 0. The number of anilines is 1. The fraction of sp³-hybridized carbons (Fsp3) is 0.290. The molecule has 0 saturated carbocycles. The lowest BCUT2D eigenvalue weighted by Crippen LogP contribution is -2.68. The fourth-order valence-corrected chi connectivity index (χ4v) is 6.22. The van der Waals surface area contributed by atoms with E-state index >= 15 is 0 Å². The van der Waals surface area contributed by atoms with E-state index in [4.69, 9.17) is 4.98 Å². The number of aromatic hydroxyl groups is 1. The predicted octanol–water partition coefficient (Wildman–Crippen LogP) is 4.91. The van der Waals surface area contributed by atoms with Gasteiger partial charge in [0.1, 0.15) is 29.1 Å². The first-order chi connectivity index (χ1) is 21.4. The first kappa shape index (κ1) is 27.9. The van der Waals surface area contributed by atoms with Gasteiger partial charge in [0.2, 0.25) is 0 Å². The molecule has 3 fully saturated rings. The summed E-state index contributed by atoms with van der Waals surface area (Å²) in [6.45, 7) is -0.775. The molecule has 0 amide bonds. The summed E-state index contributed by atoms with van der Waals surface area (Å²) < 4.78 is 44.1. The fourth-order valence-electron chi connectivity index (χ4n) is 6.22. The number of rotatable bonds is 9. The Morgan fingerprint density at radius 1 is 1.07 bits per heavy atom. The van der Waals surface area contributed by atoms with Crippen LogP contribution in [0.25, 0.3) is 33.4 Å². The first-order valence-corrected chi connectivity index (χ1v) is 14.1. The van der Waals surface area contributed by atoms with Crippen LogP contribution in [0, 0.1) is 17.1 Å². The second kappa shape index (κ2) is 11.3. The molecule has 2 unspecified atom stereocenters. The number of fused-ring (bicyclic) bond motifs is 3. The largest absolute Gasteiger partial charge is 0.508 e. The van der Waals surface area contributed by atoms with Crippen molar-refractivity contribution in [3.63, 3.8) is 0 Å². The van der Waals surface area contributed by atoms with Gasteiger partial charge in [-0.25, -0.2) is 14.4 Å². The number of H-pyrrole nitrogens is 1. The molecule has 5 aromatic rings. The Morgan fingerprint density at radius 2 is 1.91 bits per heavy atom. The zero-order valence-corrected chi connectivity index (χ0v) is 23.4. The molecule has 13 heteroatoms. The van der Waals surface area contributed by atoms with Crippen LogP contribution in [0.1, 0.15) is 17.5 Å². The van der Waals surface area contributed by atoms with Crippen molar-refractivity contribution in [1.29, 1.82) is 5.26 Å². The average Bonchev–Trinajstić information content (AvgIpc) is 3.68. The van der Waals surface area contributed by atoms with Gasteiger partial charge in [-0.05, 0) is 42.8 Å². The van der Waals surface area contributed by atoms with Crippen LogP contribution in [-0.4, -0.2) is 73.1 Å². The number of aromatic nitrogens is 5. The summed E-state index contributed by atoms with van der Waals surface area (Å²) in [6, 6.07) is 12.6. The molecule has 3 saturated heterocycles. The highest BCUT2D eigenvalue weighted by atomic mass is 19.3. The van der Waals surface area contributed by atoms with Crippen molar-refractivity contribution in [3.05, 3.63) is 78.1 Å². The molecule has 3 aliphatic rings. The van der Waals surface area contributed by atoms with E-state index in [1.165, 1.54) is 29.1 Å². The van der Waals surface area contributed by atoms with Crippen LogP contribution in [0.5, 0.6) is 5.75 Å². The van der Waals surface area contributed by atoms with Crippen LogP contribution in [0.2, 0.25) is 0 Å². The zero-order chi connectivity index (χ0) is 30.4. The summed E-state index contributed by atoms with van der Waals surface area (Å²) in [5, 5.41) is 25.0. The van der Waals surface area contributed by atoms with E-state index < -0.39 is 6.61 Å². The number of alkyl halides is 2. The van der Waals surface area contributed by atoms with Gasteiger partial charge in [0, 0.05) is 77.9 Å². The Bertz CT molecular complexity index is 1850. The van der Waals surface area contributed by atoms with Crippen molar-refractivity contribution in [2.45, 2.75) is 38.2 Å². The SMILES string of the molecule is N#Cc1cnc2[nH]c(-c3cnn(CCOC(F)F)c3)cc2c1-c1ccc(N2CC3CC(C2)N3Cc2cc(F)ccc2O)nc1. The van der Waals surface area contributed by atoms with Crippen LogP contribution >= 0.6 is 0 Å². The predicted molar refractivity (Wildman–Crippen MR) is 155 cm³/mol. The van der Waals surface area contributed by atoms with E-state index in [0.29, 0.717) is 28.9 Å². The smallest absolute Gasteiger partial charge is 0.345 e. The molecule has 1 aromatic carbocycles. The average molecular weight is 601 g/mol. The molecule has 0 spiro atoms. The quantitative estimate of drug-likeness (QED) is 0.245. The monoisotopic (exact) mass is 600 g/mol. The Kier molecular flexibility index (Phi) is 7.15. The number of nitrogens with one attached hydrogen (secondary N) is 1. The van der Waals surface area contributed by atoms with Gasteiger partial charge in [-0.1, -0.05) is 0 Å². The number of ether oxygens (including phenoxy) is 1. The molecule has 2 N–H and O–H groups in total. The Balaban J connectivity index is 1.09. The number of nitriles is 1. The van der Waals surface area contributed by atoms with Gasteiger partial charge >= 0.3 is 6.61 Å². The van der Waals surface area contributed by atoms with Crippen LogP contribution < -0.4 is 4.90 Å². The highest BCUT2D eigenvalue weighted by Gasteiger charge is 2.45. The summed E-state index contributed by atoms with van der Waals surface area (Å²) in [4.78, 5) is 17.0. The standard InChI is InChI=1S/C31H27F3N8O2/c32-22-2-3-27(43)19(7-22)15-42-23-8-24(42)17-40(16-23)28-4-1-18(11-36-28)29-20(10-35)12-37-30-25(29)9-26(39-30)21-13-38-41(14-21)5-6-44-31(33)34/h1-4,7,9,11-14,23-24,31,43H,5-6,8,15-17H2,(H,37,39). The maximum absolute atomic E-state index is 13.7. The van der Waals surface area contributed by atoms with E-state index in [-0.39, 0.29) is 36.8 Å². The molecule has 4 aromatic heterocycles. The number of phenols is 1. The second-order valence-electron chi connectivity index (χ2n) is 11.0. The van der Waals surface area contributed by atoms with Crippen LogP contribution in [-0.2, 0) is 17.8 Å². The van der Waals surface area contributed by atoms with Crippen molar-refractivity contribution < 1.29 is 23.0 Å². The topological polar surface area (TPSA) is 119 Å². The first-order valence-electron chi connectivity index (χ1n) is 14.1. The highest BCUT2D eigenvalue weighted by molar-refractivity contribution is 5.98. The minimum absolute atomic E-state index is 0.106. The normalized spacial score (nSPS) is 18.1. The van der Waals surface area contributed by atoms with Crippen LogP contribution in [0.4, 0.5) is 19.0 Å². The number of nitrogens with zero attached hydrogens (tertiary/aromatic N) is 7. The van der Waals surface area contributed by atoms with Crippen molar-refractivity contribution in [2.24, 2.45) is 0 Å². The molecule has 44 heavy (non-hydrogen) atoms. The molecule has 224 valence electrons. The van der Waals surface area contributed by atoms with Crippen molar-refractivity contribution in [3.8, 4) is 34.2 Å². The summed E-state index contributed by atoms with van der Waals surface area (Å²) in [6.07, 6.45) is 7.69. The van der Waals surface area contributed by atoms with E-state index in [0.717, 1.165) is 47.5 Å². The van der Waals surface area contributed by atoms with Crippen molar-refractivity contribution >= 4 is 16.9 Å². The zero-order valence-electron chi connectivity index (χ0n) is 23.4. The highest BCUT2D eigenvalue weighted by Crippen LogP contribution is 2.38. The van der Waals surface area contributed by atoms with Crippen LogP contribution in [0.15, 0.2) is 61.2 Å². The third-order valence-corrected chi connectivity index (χ3v) is 8.39. The lowest BCUT2D eigenvalue weighted by molar-refractivity contribution is -0.130. The maximum atomic E-state index is 13.7. The van der Waals surface area contributed by atoms with Crippen molar-refractivity contribution in [2.75, 3.05) is 24.6 Å². The van der Waals surface area contributed by atoms with Gasteiger partial charge in [0.15, 0.2) is 0 Å². The van der Waals surface area contributed by atoms with E-state index in [2.05, 4.69) is 35.7 Å². The van der Waals surface area contributed by atoms with Crippen LogP contribution in [0.3, 0.4) is 0 Å². The molecule has 10 nitrogen and oxygen atoms in total.